The van der Waals surface area contributed by atoms with Gasteiger partial charge in [0.05, 0.1) is 12.1 Å². The molecule has 0 spiro atoms. The molecule has 0 amide bonds. The average molecular weight is 258 g/mol. The highest BCUT2D eigenvalue weighted by atomic mass is 16.5. The van der Waals surface area contributed by atoms with Gasteiger partial charge in [-0.15, -0.1) is 0 Å². The third-order valence-electron chi connectivity index (χ3n) is 3.67. The second-order valence-electron chi connectivity index (χ2n) is 5.03. The summed E-state index contributed by atoms with van der Waals surface area (Å²) in [6.07, 6.45) is 2.16. The molecule has 1 saturated heterocycles. The van der Waals surface area contributed by atoms with Gasteiger partial charge in [-0.2, -0.15) is 0 Å². The third-order valence-corrected chi connectivity index (χ3v) is 3.67. The SMILES string of the molecule is Cn1c(=O)cc(NC2CCCOC2)c2ccccc21. The molecule has 0 bridgehead atoms. The van der Waals surface area contributed by atoms with Crippen LogP contribution in [-0.2, 0) is 11.8 Å². The molecule has 100 valence electrons. The number of pyridine rings is 1. The predicted octanol–water partition coefficient (Wildman–Crippen LogP) is 2.13. The molecule has 4 nitrogen and oxygen atoms in total. The van der Waals surface area contributed by atoms with E-state index in [-0.39, 0.29) is 5.56 Å². The Kier molecular flexibility index (Phi) is 3.25. The molecule has 2 aromatic rings. The Morgan fingerprint density at radius 3 is 3.00 bits per heavy atom. The topological polar surface area (TPSA) is 43.3 Å². The minimum atomic E-state index is 0.0120. The molecule has 1 N–H and O–H groups in total. The van der Waals surface area contributed by atoms with E-state index in [1.54, 1.807) is 17.7 Å². The van der Waals surface area contributed by atoms with Crippen molar-refractivity contribution in [2.75, 3.05) is 18.5 Å². The molecule has 0 saturated carbocycles. The summed E-state index contributed by atoms with van der Waals surface area (Å²) in [6.45, 7) is 1.55. The van der Waals surface area contributed by atoms with E-state index in [1.807, 2.05) is 24.3 Å². The molecule has 4 heteroatoms. The lowest BCUT2D eigenvalue weighted by Gasteiger charge is -2.25. The van der Waals surface area contributed by atoms with Crippen LogP contribution in [0.3, 0.4) is 0 Å². The molecular weight excluding hydrogens is 240 g/mol. The fraction of sp³-hybridized carbons (Fsp3) is 0.400. The van der Waals surface area contributed by atoms with Crippen molar-refractivity contribution in [1.29, 1.82) is 0 Å². The number of anilines is 1. The maximum Gasteiger partial charge on any atom is 0.252 e. The summed E-state index contributed by atoms with van der Waals surface area (Å²) >= 11 is 0. The lowest BCUT2D eigenvalue weighted by Crippen LogP contribution is -2.31. The number of fused-ring (bicyclic) bond motifs is 1. The van der Waals surface area contributed by atoms with E-state index in [4.69, 9.17) is 4.74 Å². The summed E-state index contributed by atoms with van der Waals surface area (Å²) in [5.74, 6) is 0. The molecule has 1 unspecified atom stereocenters. The molecule has 0 aliphatic carbocycles. The number of nitrogens with zero attached hydrogens (tertiary/aromatic N) is 1. The van der Waals surface area contributed by atoms with E-state index in [9.17, 15) is 4.79 Å². The lowest BCUT2D eigenvalue weighted by molar-refractivity contribution is 0.0876. The second-order valence-corrected chi connectivity index (χ2v) is 5.03. The molecule has 3 rings (SSSR count). The van der Waals surface area contributed by atoms with Crippen LogP contribution in [0.5, 0.6) is 0 Å². The molecule has 1 fully saturated rings. The van der Waals surface area contributed by atoms with Crippen molar-refractivity contribution < 1.29 is 4.74 Å². The van der Waals surface area contributed by atoms with Gasteiger partial charge in [-0.05, 0) is 18.9 Å². The van der Waals surface area contributed by atoms with E-state index in [2.05, 4.69) is 5.32 Å². The zero-order chi connectivity index (χ0) is 13.2. The van der Waals surface area contributed by atoms with Gasteiger partial charge in [-0.25, -0.2) is 0 Å². The van der Waals surface area contributed by atoms with Crippen molar-refractivity contribution in [2.24, 2.45) is 7.05 Å². The molecule has 0 radical (unpaired) electrons. The largest absolute Gasteiger partial charge is 0.379 e. The first-order valence-electron chi connectivity index (χ1n) is 6.69. The molecule has 1 aliphatic rings. The van der Waals surface area contributed by atoms with Crippen molar-refractivity contribution in [3.8, 4) is 0 Å². The first-order valence-corrected chi connectivity index (χ1v) is 6.69. The van der Waals surface area contributed by atoms with Crippen molar-refractivity contribution >= 4 is 16.6 Å². The fourth-order valence-corrected chi connectivity index (χ4v) is 2.60. The quantitative estimate of drug-likeness (QED) is 0.897. The van der Waals surface area contributed by atoms with Gasteiger partial charge < -0.3 is 14.6 Å². The zero-order valence-corrected chi connectivity index (χ0v) is 11.1. The minimum absolute atomic E-state index is 0.0120. The number of benzene rings is 1. The predicted molar refractivity (Wildman–Crippen MR) is 76.7 cm³/mol. The van der Waals surface area contributed by atoms with Crippen molar-refractivity contribution in [1.82, 2.24) is 4.57 Å². The molecule has 19 heavy (non-hydrogen) atoms. The van der Waals surface area contributed by atoms with Gasteiger partial charge in [0.15, 0.2) is 0 Å². The molecule has 1 aromatic heterocycles. The molecule has 1 aromatic carbocycles. The number of ether oxygens (including phenoxy) is 1. The van der Waals surface area contributed by atoms with Gasteiger partial charge in [0.25, 0.3) is 5.56 Å². The van der Waals surface area contributed by atoms with Crippen LogP contribution in [0, 0.1) is 0 Å². The summed E-state index contributed by atoms with van der Waals surface area (Å²) in [6, 6.07) is 9.94. The maximum atomic E-state index is 12.0. The number of aromatic nitrogens is 1. The van der Waals surface area contributed by atoms with E-state index < -0.39 is 0 Å². The Balaban J connectivity index is 2.03. The number of hydrogen-bond acceptors (Lipinski definition) is 3. The van der Waals surface area contributed by atoms with Gasteiger partial charge in [-0.3, -0.25) is 4.79 Å². The van der Waals surface area contributed by atoms with Crippen LogP contribution in [0.2, 0.25) is 0 Å². The maximum absolute atomic E-state index is 12.0. The summed E-state index contributed by atoms with van der Waals surface area (Å²) in [5, 5.41) is 4.53. The Hall–Kier alpha value is -1.81. The standard InChI is InChI=1S/C15H18N2O2/c1-17-14-7-3-2-6-12(14)13(9-15(17)18)16-11-5-4-8-19-10-11/h2-3,6-7,9,11,16H,4-5,8,10H2,1H3. The lowest BCUT2D eigenvalue weighted by atomic mass is 10.1. The Morgan fingerprint density at radius 2 is 2.21 bits per heavy atom. The van der Waals surface area contributed by atoms with Gasteiger partial charge in [0.1, 0.15) is 0 Å². The van der Waals surface area contributed by atoms with Crippen molar-refractivity contribution in [3.63, 3.8) is 0 Å². The first-order chi connectivity index (χ1) is 9.25. The van der Waals surface area contributed by atoms with Gasteiger partial charge in [-0.1, -0.05) is 18.2 Å². The van der Waals surface area contributed by atoms with Crippen molar-refractivity contribution in [2.45, 2.75) is 18.9 Å². The number of rotatable bonds is 2. The fourth-order valence-electron chi connectivity index (χ4n) is 2.60. The Bertz CT molecular complexity index is 642. The average Bonchev–Trinajstić information content (AvgIpc) is 2.46. The van der Waals surface area contributed by atoms with Gasteiger partial charge >= 0.3 is 0 Å². The summed E-state index contributed by atoms with van der Waals surface area (Å²) < 4.78 is 7.15. The van der Waals surface area contributed by atoms with Crippen molar-refractivity contribution in [3.05, 3.63) is 40.7 Å². The Morgan fingerprint density at radius 1 is 1.37 bits per heavy atom. The van der Waals surface area contributed by atoms with E-state index in [0.717, 1.165) is 36.0 Å². The molecular formula is C15H18N2O2. The normalized spacial score (nSPS) is 19.5. The first kappa shape index (κ1) is 12.2. The van der Waals surface area contributed by atoms with Crippen LogP contribution in [0.1, 0.15) is 12.8 Å². The minimum Gasteiger partial charge on any atom is -0.379 e. The summed E-state index contributed by atoms with van der Waals surface area (Å²) in [4.78, 5) is 12.0. The van der Waals surface area contributed by atoms with Crippen LogP contribution in [0.15, 0.2) is 35.1 Å². The second kappa shape index (κ2) is 5.05. The van der Waals surface area contributed by atoms with E-state index >= 15 is 0 Å². The van der Waals surface area contributed by atoms with E-state index in [0.29, 0.717) is 12.6 Å². The number of para-hydroxylation sites is 1. The number of nitrogens with one attached hydrogen (secondary N) is 1. The van der Waals surface area contributed by atoms with Gasteiger partial charge in [0, 0.05) is 36.8 Å². The van der Waals surface area contributed by atoms with Crippen LogP contribution >= 0.6 is 0 Å². The zero-order valence-electron chi connectivity index (χ0n) is 11.1. The van der Waals surface area contributed by atoms with Crippen LogP contribution in [0.25, 0.3) is 10.9 Å². The Labute approximate surface area is 112 Å². The van der Waals surface area contributed by atoms with E-state index in [1.165, 1.54) is 0 Å². The summed E-state index contributed by atoms with van der Waals surface area (Å²) in [5.41, 5.74) is 1.88. The van der Waals surface area contributed by atoms with Gasteiger partial charge in [0.2, 0.25) is 0 Å². The molecule has 1 aliphatic heterocycles. The number of hydrogen-bond donors (Lipinski definition) is 1. The smallest absolute Gasteiger partial charge is 0.252 e. The highest BCUT2D eigenvalue weighted by molar-refractivity contribution is 5.91. The highest BCUT2D eigenvalue weighted by Crippen LogP contribution is 2.23. The van der Waals surface area contributed by atoms with Crippen LogP contribution < -0.4 is 10.9 Å². The van der Waals surface area contributed by atoms with Crippen LogP contribution in [-0.4, -0.2) is 23.8 Å². The molecule has 1 atom stereocenters. The third kappa shape index (κ3) is 2.36. The number of aryl methyl sites for hydroxylation is 1. The van der Waals surface area contributed by atoms with Crippen LogP contribution in [0.4, 0.5) is 5.69 Å². The monoisotopic (exact) mass is 258 g/mol. The summed E-state index contributed by atoms with van der Waals surface area (Å²) in [7, 11) is 1.80. The molecule has 2 heterocycles. The highest BCUT2D eigenvalue weighted by Gasteiger charge is 2.15.